The van der Waals surface area contributed by atoms with Gasteiger partial charge < -0.3 is 11.5 Å². The molecular formula is C14H20N4. The average Bonchev–Trinajstić information content (AvgIpc) is 2.33. The van der Waals surface area contributed by atoms with Gasteiger partial charge >= 0.3 is 0 Å². The van der Waals surface area contributed by atoms with E-state index in [1.807, 2.05) is 0 Å². The van der Waals surface area contributed by atoms with E-state index in [9.17, 15) is 0 Å². The van der Waals surface area contributed by atoms with Crippen molar-refractivity contribution in [3.8, 4) is 0 Å². The quantitative estimate of drug-likeness (QED) is 0.793. The second-order valence-electron chi connectivity index (χ2n) is 6.56. The van der Waals surface area contributed by atoms with Gasteiger partial charge in [0.05, 0.1) is 23.3 Å². The molecule has 1 heterocycles. The van der Waals surface area contributed by atoms with Gasteiger partial charge in [0.2, 0.25) is 0 Å². The topological polar surface area (TPSA) is 77.8 Å². The average molecular weight is 244 g/mol. The highest BCUT2D eigenvalue weighted by Crippen LogP contribution is 2.60. The van der Waals surface area contributed by atoms with Gasteiger partial charge in [-0.2, -0.15) is 10.2 Å². The molecular weight excluding hydrogens is 224 g/mol. The van der Waals surface area contributed by atoms with Crippen molar-refractivity contribution in [2.75, 3.05) is 11.5 Å². The van der Waals surface area contributed by atoms with Gasteiger partial charge in [0.15, 0.2) is 0 Å². The highest BCUT2D eigenvalue weighted by molar-refractivity contribution is 5.64. The van der Waals surface area contributed by atoms with Gasteiger partial charge in [0.25, 0.3) is 0 Å². The fourth-order valence-corrected chi connectivity index (χ4v) is 5.04. The van der Waals surface area contributed by atoms with Gasteiger partial charge in [-0.05, 0) is 55.8 Å². The standard InChI is InChI=1S/C14H20N4/c15-11-6-17-18-14(13(11)16)12-9-2-7-1-8(4-9)5-10(12)3-7/h6-10,12H,1-5H2,(H2,15,18)(H2,16,17). The second-order valence-corrected chi connectivity index (χ2v) is 6.56. The van der Waals surface area contributed by atoms with Crippen LogP contribution in [0.2, 0.25) is 0 Å². The molecule has 0 unspecified atom stereocenters. The summed E-state index contributed by atoms with van der Waals surface area (Å²) in [4.78, 5) is 0. The van der Waals surface area contributed by atoms with Crippen molar-refractivity contribution in [3.05, 3.63) is 11.9 Å². The summed E-state index contributed by atoms with van der Waals surface area (Å²) >= 11 is 0. The van der Waals surface area contributed by atoms with Crippen molar-refractivity contribution < 1.29 is 0 Å². The van der Waals surface area contributed by atoms with Crippen LogP contribution in [0.25, 0.3) is 0 Å². The van der Waals surface area contributed by atoms with Crippen molar-refractivity contribution in [2.45, 2.75) is 38.0 Å². The molecule has 1 aromatic heterocycles. The van der Waals surface area contributed by atoms with E-state index in [1.54, 1.807) is 6.20 Å². The Morgan fingerprint density at radius 1 is 0.944 bits per heavy atom. The Balaban J connectivity index is 1.74. The first kappa shape index (κ1) is 10.6. The number of aromatic nitrogens is 2. The zero-order valence-electron chi connectivity index (χ0n) is 10.5. The predicted molar refractivity (Wildman–Crippen MR) is 70.6 cm³/mol. The van der Waals surface area contributed by atoms with E-state index in [2.05, 4.69) is 10.2 Å². The van der Waals surface area contributed by atoms with Crippen LogP contribution in [0, 0.1) is 23.7 Å². The summed E-state index contributed by atoms with van der Waals surface area (Å²) in [6, 6.07) is 0. The lowest BCUT2D eigenvalue weighted by molar-refractivity contribution is -0.00414. The minimum atomic E-state index is 0.522. The number of hydrogen-bond acceptors (Lipinski definition) is 4. The van der Waals surface area contributed by atoms with Crippen LogP contribution in [0.3, 0.4) is 0 Å². The number of nitrogen functional groups attached to an aromatic ring is 2. The lowest BCUT2D eigenvalue weighted by atomic mass is 9.51. The molecule has 96 valence electrons. The predicted octanol–water partition coefficient (Wildman–Crippen LogP) is 2.18. The minimum absolute atomic E-state index is 0.522. The van der Waals surface area contributed by atoms with E-state index in [4.69, 9.17) is 11.5 Å². The molecule has 4 heteroatoms. The molecule has 4 nitrogen and oxygen atoms in total. The fraction of sp³-hybridized carbons (Fsp3) is 0.714. The Bertz CT molecular complexity index is 457. The highest BCUT2D eigenvalue weighted by atomic mass is 15.1. The van der Waals surface area contributed by atoms with Crippen LogP contribution >= 0.6 is 0 Å². The fourth-order valence-electron chi connectivity index (χ4n) is 5.04. The smallest absolute Gasteiger partial charge is 0.0917 e. The maximum atomic E-state index is 6.14. The molecule has 0 spiro atoms. The van der Waals surface area contributed by atoms with Crippen LogP contribution in [0.15, 0.2) is 6.20 Å². The lowest BCUT2D eigenvalue weighted by Crippen LogP contribution is -2.44. The Kier molecular flexibility index (Phi) is 2.11. The molecule has 4 saturated carbocycles. The van der Waals surface area contributed by atoms with Crippen LogP contribution in [0.5, 0.6) is 0 Å². The molecule has 4 bridgehead atoms. The Morgan fingerprint density at radius 2 is 1.56 bits per heavy atom. The number of nitrogens with zero attached hydrogens (tertiary/aromatic N) is 2. The molecule has 4 aliphatic carbocycles. The zero-order valence-corrected chi connectivity index (χ0v) is 10.5. The molecule has 0 aliphatic heterocycles. The maximum Gasteiger partial charge on any atom is 0.0917 e. The monoisotopic (exact) mass is 244 g/mol. The number of nitrogens with two attached hydrogens (primary N) is 2. The summed E-state index contributed by atoms with van der Waals surface area (Å²) in [6.07, 6.45) is 8.51. The Morgan fingerprint density at radius 3 is 2.17 bits per heavy atom. The molecule has 0 aromatic carbocycles. The van der Waals surface area contributed by atoms with E-state index < -0.39 is 0 Å². The van der Waals surface area contributed by atoms with Crippen molar-refractivity contribution in [1.82, 2.24) is 10.2 Å². The third kappa shape index (κ3) is 1.38. The Hall–Kier alpha value is -1.32. The Labute approximate surface area is 107 Å². The van der Waals surface area contributed by atoms with Crippen molar-refractivity contribution in [1.29, 1.82) is 0 Å². The SMILES string of the molecule is Nc1cnnc(C2C3CC4CC(C3)CC2C4)c1N. The van der Waals surface area contributed by atoms with Crippen molar-refractivity contribution in [2.24, 2.45) is 23.7 Å². The lowest BCUT2D eigenvalue weighted by Gasteiger charge is -2.54. The van der Waals surface area contributed by atoms with Crippen LogP contribution in [0.1, 0.15) is 43.7 Å². The third-order valence-electron chi connectivity index (χ3n) is 5.49. The second kappa shape index (κ2) is 3.59. The van der Waals surface area contributed by atoms with E-state index in [-0.39, 0.29) is 0 Å². The van der Waals surface area contributed by atoms with Crippen molar-refractivity contribution >= 4 is 11.4 Å². The van der Waals surface area contributed by atoms with Gasteiger partial charge in [-0.15, -0.1) is 0 Å². The molecule has 4 N–H and O–H groups in total. The van der Waals surface area contributed by atoms with Gasteiger partial charge in [-0.1, -0.05) is 0 Å². The highest BCUT2D eigenvalue weighted by Gasteiger charge is 2.49. The van der Waals surface area contributed by atoms with Crippen molar-refractivity contribution in [3.63, 3.8) is 0 Å². The summed E-state index contributed by atoms with van der Waals surface area (Å²) in [5.74, 6) is 4.02. The third-order valence-corrected chi connectivity index (χ3v) is 5.49. The van der Waals surface area contributed by atoms with Gasteiger partial charge in [0.1, 0.15) is 0 Å². The number of hydrogen-bond donors (Lipinski definition) is 2. The van der Waals surface area contributed by atoms with Gasteiger partial charge in [-0.25, -0.2) is 0 Å². The molecule has 0 radical (unpaired) electrons. The summed E-state index contributed by atoms with van der Waals surface area (Å²) in [5.41, 5.74) is 14.3. The maximum absolute atomic E-state index is 6.14. The zero-order chi connectivity index (χ0) is 12.3. The number of anilines is 2. The largest absolute Gasteiger partial charge is 0.396 e. The van der Waals surface area contributed by atoms with Gasteiger partial charge in [-0.3, -0.25) is 0 Å². The molecule has 0 atom stereocenters. The van der Waals surface area contributed by atoms with Crippen LogP contribution < -0.4 is 11.5 Å². The molecule has 1 aromatic rings. The van der Waals surface area contributed by atoms with Crippen LogP contribution in [0.4, 0.5) is 11.4 Å². The molecule has 0 amide bonds. The van der Waals surface area contributed by atoms with E-state index >= 15 is 0 Å². The summed E-state index contributed by atoms with van der Waals surface area (Å²) in [5, 5.41) is 8.35. The summed E-state index contributed by atoms with van der Waals surface area (Å²) < 4.78 is 0. The van der Waals surface area contributed by atoms with Crippen LogP contribution in [-0.2, 0) is 0 Å². The first-order valence-electron chi connectivity index (χ1n) is 7.09. The first-order valence-corrected chi connectivity index (χ1v) is 7.09. The van der Waals surface area contributed by atoms with Crippen LogP contribution in [-0.4, -0.2) is 10.2 Å². The molecule has 4 fully saturated rings. The first-order chi connectivity index (χ1) is 8.72. The molecule has 18 heavy (non-hydrogen) atoms. The van der Waals surface area contributed by atoms with E-state index in [1.165, 1.54) is 32.1 Å². The minimum Gasteiger partial charge on any atom is -0.396 e. The summed E-state index contributed by atoms with van der Waals surface area (Å²) in [6.45, 7) is 0. The van der Waals surface area contributed by atoms with Gasteiger partial charge in [0, 0.05) is 5.92 Å². The number of rotatable bonds is 1. The van der Waals surface area contributed by atoms with E-state index in [0.29, 0.717) is 17.3 Å². The normalized spacial score (nSPS) is 41.2. The molecule has 0 saturated heterocycles. The molecule has 5 rings (SSSR count). The molecule has 4 aliphatic rings. The summed E-state index contributed by atoms with van der Waals surface area (Å²) in [7, 11) is 0. The van der Waals surface area contributed by atoms with E-state index in [0.717, 1.165) is 29.4 Å².